The van der Waals surface area contributed by atoms with Gasteiger partial charge in [0.05, 0.1) is 12.7 Å². The standard InChI is InChI=1S/C16H18N4O2/c1-11-5-4-6-12(2)15(11)19-14(21)10-20(3)16(22)13-9-17-7-8-18-13/h4-9H,10H2,1-3H3,(H,19,21). The maximum atomic E-state index is 12.1. The van der Waals surface area contributed by atoms with Crippen LogP contribution in [0.4, 0.5) is 5.69 Å². The topological polar surface area (TPSA) is 75.2 Å². The molecule has 2 aromatic rings. The van der Waals surface area contributed by atoms with Crippen molar-refractivity contribution >= 4 is 17.5 Å². The first-order chi connectivity index (χ1) is 10.5. The molecule has 114 valence electrons. The van der Waals surface area contributed by atoms with Gasteiger partial charge in [0.2, 0.25) is 5.91 Å². The van der Waals surface area contributed by atoms with Crippen molar-refractivity contribution in [1.29, 1.82) is 0 Å². The molecule has 22 heavy (non-hydrogen) atoms. The number of rotatable bonds is 4. The molecule has 0 fully saturated rings. The number of carbonyl (C=O) groups excluding carboxylic acids is 2. The van der Waals surface area contributed by atoms with Gasteiger partial charge in [-0.15, -0.1) is 0 Å². The molecule has 1 aromatic heterocycles. The molecule has 0 unspecified atom stereocenters. The molecule has 6 nitrogen and oxygen atoms in total. The van der Waals surface area contributed by atoms with Crippen LogP contribution in [0, 0.1) is 13.8 Å². The molecule has 0 aliphatic heterocycles. The summed E-state index contributed by atoms with van der Waals surface area (Å²) in [6.45, 7) is 3.80. The molecule has 0 aliphatic rings. The van der Waals surface area contributed by atoms with Crippen molar-refractivity contribution in [2.45, 2.75) is 13.8 Å². The summed E-state index contributed by atoms with van der Waals surface area (Å²) in [5.74, 6) is -0.595. The molecule has 1 N–H and O–H groups in total. The summed E-state index contributed by atoms with van der Waals surface area (Å²) >= 11 is 0. The SMILES string of the molecule is Cc1cccc(C)c1NC(=O)CN(C)C(=O)c1cnccn1. The lowest BCUT2D eigenvalue weighted by Crippen LogP contribution is -2.35. The average Bonchev–Trinajstić information content (AvgIpc) is 2.51. The van der Waals surface area contributed by atoms with Crippen LogP contribution in [0.1, 0.15) is 21.6 Å². The maximum Gasteiger partial charge on any atom is 0.274 e. The Hall–Kier alpha value is -2.76. The van der Waals surface area contributed by atoms with Gasteiger partial charge < -0.3 is 10.2 Å². The molecule has 2 amide bonds. The number of aromatic nitrogens is 2. The van der Waals surface area contributed by atoms with E-state index in [1.165, 1.54) is 23.5 Å². The summed E-state index contributed by atoms with van der Waals surface area (Å²) in [4.78, 5) is 33.3. The van der Waals surface area contributed by atoms with Crippen LogP contribution >= 0.6 is 0 Å². The third kappa shape index (κ3) is 3.66. The van der Waals surface area contributed by atoms with Crippen molar-refractivity contribution < 1.29 is 9.59 Å². The van der Waals surface area contributed by atoms with E-state index in [-0.39, 0.29) is 24.1 Å². The molecule has 0 spiro atoms. The normalized spacial score (nSPS) is 10.1. The van der Waals surface area contributed by atoms with Crippen molar-refractivity contribution in [3.63, 3.8) is 0 Å². The molecule has 1 aromatic carbocycles. The third-order valence-corrected chi connectivity index (χ3v) is 3.26. The number of hydrogen-bond donors (Lipinski definition) is 1. The van der Waals surface area contributed by atoms with Crippen LogP contribution < -0.4 is 5.32 Å². The highest BCUT2D eigenvalue weighted by Gasteiger charge is 2.17. The van der Waals surface area contributed by atoms with Gasteiger partial charge in [0, 0.05) is 25.1 Å². The number of amides is 2. The number of para-hydroxylation sites is 1. The minimum absolute atomic E-state index is 0.0524. The fourth-order valence-corrected chi connectivity index (χ4v) is 2.08. The largest absolute Gasteiger partial charge is 0.331 e. The highest BCUT2D eigenvalue weighted by atomic mass is 16.2. The van der Waals surface area contributed by atoms with Crippen LogP contribution in [0.2, 0.25) is 0 Å². The monoisotopic (exact) mass is 298 g/mol. The molecule has 0 bridgehead atoms. The summed E-state index contributed by atoms with van der Waals surface area (Å²) in [5, 5.41) is 2.85. The lowest BCUT2D eigenvalue weighted by Gasteiger charge is -2.17. The van der Waals surface area contributed by atoms with Gasteiger partial charge in [-0.3, -0.25) is 14.6 Å². The average molecular weight is 298 g/mol. The van der Waals surface area contributed by atoms with Crippen LogP contribution in [0.3, 0.4) is 0 Å². The summed E-state index contributed by atoms with van der Waals surface area (Å²) in [6, 6.07) is 5.79. The number of anilines is 1. The van der Waals surface area contributed by atoms with E-state index in [0.29, 0.717) is 0 Å². The summed E-state index contributed by atoms with van der Waals surface area (Å²) < 4.78 is 0. The van der Waals surface area contributed by atoms with E-state index in [0.717, 1.165) is 16.8 Å². The Kier molecular flexibility index (Phi) is 4.83. The Morgan fingerprint density at radius 2 is 1.86 bits per heavy atom. The van der Waals surface area contributed by atoms with Crippen molar-refractivity contribution in [1.82, 2.24) is 14.9 Å². The second kappa shape index (κ2) is 6.80. The zero-order chi connectivity index (χ0) is 16.1. The molecule has 0 saturated carbocycles. The Labute approximate surface area is 129 Å². The fourth-order valence-electron chi connectivity index (χ4n) is 2.08. The van der Waals surface area contributed by atoms with E-state index in [2.05, 4.69) is 15.3 Å². The number of carbonyl (C=O) groups is 2. The van der Waals surface area contributed by atoms with Crippen molar-refractivity contribution in [2.24, 2.45) is 0 Å². The van der Waals surface area contributed by atoms with Crippen LogP contribution in [-0.2, 0) is 4.79 Å². The Balaban J connectivity index is 2.01. The van der Waals surface area contributed by atoms with Crippen molar-refractivity contribution in [3.8, 4) is 0 Å². The first-order valence-corrected chi connectivity index (χ1v) is 6.86. The van der Waals surface area contributed by atoms with Crippen molar-refractivity contribution in [2.75, 3.05) is 18.9 Å². The highest BCUT2D eigenvalue weighted by Crippen LogP contribution is 2.19. The van der Waals surface area contributed by atoms with Crippen LogP contribution in [-0.4, -0.2) is 40.3 Å². The number of nitrogens with zero attached hydrogens (tertiary/aromatic N) is 3. The molecular formula is C16H18N4O2. The Morgan fingerprint density at radius 3 is 2.45 bits per heavy atom. The molecule has 1 heterocycles. The molecule has 0 radical (unpaired) electrons. The van der Waals surface area contributed by atoms with Crippen LogP contribution in [0.25, 0.3) is 0 Å². The van der Waals surface area contributed by atoms with Gasteiger partial charge in [-0.25, -0.2) is 4.98 Å². The van der Waals surface area contributed by atoms with E-state index in [4.69, 9.17) is 0 Å². The zero-order valence-corrected chi connectivity index (χ0v) is 12.8. The second-order valence-electron chi connectivity index (χ2n) is 5.07. The highest BCUT2D eigenvalue weighted by molar-refractivity contribution is 5.98. The quantitative estimate of drug-likeness (QED) is 0.934. The lowest BCUT2D eigenvalue weighted by molar-refractivity contribution is -0.116. The second-order valence-corrected chi connectivity index (χ2v) is 5.07. The molecule has 2 rings (SSSR count). The summed E-state index contributed by atoms with van der Waals surface area (Å²) in [7, 11) is 1.56. The predicted molar refractivity (Wildman–Crippen MR) is 83.5 cm³/mol. The van der Waals surface area contributed by atoms with Crippen LogP contribution in [0.15, 0.2) is 36.8 Å². The number of hydrogen-bond acceptors (Lipinski definition) is 4. The van der Waals surface area contributed by atoms with Crippen molar-refractivity contribution in [3.05, 3.63) is 53.6 Å². The lowest BCUT2D eigenvalue weighted by atomic mass is 10.1. The molecule has 0 saturated heterocycles. The molecule has 0 aliphatic carbocycles. The van der Waals surface area contributed by atoms with Gasteiger partial charge in [-0.05, 0) is 25.0 Å². The molecule has 6 heteroatoms. The minimum atomic E-state index is -0.343. The Bertz CT molecular complexity index is 666. The maximum absolute atomic E-state index is 12.1. The minimum Gasteiger partial charge on any atom is -0.331 e. The van der Waals surface area contributed by atoms with Gasteiger partial charge >= 0.3 is 0 Å². The van der Waals surface area contributed by atoms with E-state index in [9.17, 15) is 9.59 Å². The number of nitrogens with one attached hydrogen (secondary N) is 1. The van der Waals surface area contributed by atoms with E-state index >= 15 is 0 Å². The van der Waals surface area contributed by atoms with Gasteiger partial charge in [-0.1, -0.05) is 18.2 Å². The van der Waals surface area contributed by atoms with Gasteiger partial charge in [0.15, 0.2) is 0 Å². The fraction of sp³-hybridized carbons (Fsp3) is 0.250. The first kappa shape index (κ1) is 15.6. The van der Waals surface area contributed by atoms with Gasteiger partial charge in [0.1, 0.15) is 5.69 Å². The zero-order valence-electron chi connectivity index (χ0n) is 12.8. The van der Waals surface area contributed by atoms with E-state index in [1.54, 1.807) is 7.05 Å². The van der Waals surface area contributed by atoms with Crippen LogP contribution in [0.5, 0.6) is 0 Å². The van der Waals surface area contributed by atoms with E-state index < -0.39 is 0 Å². The number of likely N-dealkylation sites (N-methyl/N-ethyl adjacent to an activating group) is 1. The predicted octanol–water partition coefficient (Wildman–Crippen LogP) is 1.80. The smallest absolute Gasteiger partial charge is 0.274 e. The summed E-state index contributed by atoms with van der Waals surface area (Å²) in [6.07, 6.45) is 4.31. The van der Waals surface area contributed by atoms with E-state index in [1.807, 2.05) is 32.0 Å². The summed E-state index contributed by atoms with van der Waals surface area (Å²) in [5.41, 5.74) is 2.96. The number of benzene rings is 1. The number of aryl methyl sites for hydroxylation is 2. The van der Waals surface area contributed by atoms with Gasteiger partial charge in [0.25, 0.3) is 5.91 Å². The first-order valence-electron chi connectivity index (χ1n) is 6.86. The molecular weight excluding hydrogens is 280 g/mol. The molecule has 0 atom stereocenters. The Morgan fingerprint density at radius 1 is 1.18 bits per heavy atom. The third-order valence-electron chi connectivity index (χ3n) is 3.26. The van der Waals surface area contributed by atoms with Gasteiger partial charge in [-0.2, -0.15) is 0 Å².